The number of rotatable bonds is 8. The van der Waals surface area contributed by atoms with Crippen LogP contribution in [0, 0.1) is 0 Å². The van der Waals surface area contributed by atoms with Crippen LogP contribution in [0.15, 0.2) is 30.8 Å². The summed E-state index contributed by atoms with van der Waals surface area (Å²) in [6, 6.07) is 7.67. The van der Waals surface area contributed by atoms with Crippen molar-refractivity contribution in [3.05, 3.63) is 42.0 Å². The Morgan fingerprint density at radius 3 is 2.35 bits per heavy atom. The highest BCUT2D eigenvalue weighted by atomic mass is 16.1. The van der Waals surface area contributed by atoms with E-state index in [0.29, 0.717) is 6.42 Å². The molecule has 1 heteroatoms. The van der Waals surface area contributed by atoms with Gasteiger partial charge in [0, 0.05) is 12.0 Å². The molecule has 0 aliphatic rings. The fourth-order valence-electron chi connectivity index (χ4n) is 1.84. The molecule has 0 heterocycles. The Balaban J connectivity index is 2.33. The lowest BCUT2D eigenvalue weighted by molar-refractivity contribution is 0.0979. The number of benzene rings is 1. The van der Waals surface area contributed by atoms with Crippen LogP contribution in [0.2, 0.25) is 0 Å². The quantitative estimate of drug-likeness (QED) is 0.460. The smallest absolute Gasteiger partial charge is 0.162 e. The largest absolute Gasteiger partial charge is 0.294 e. The molecule has 0 aromatic heterocycles. The van der Waals surface area contributed by atoms with Crippen LogP contribution in [0.1, 0.15) is 61.4 Å². The molecule has 0 radical (unpaired) electrons. The van der Waals surface area contributed by atoms with Crippen molar-refractivity contribution in [3.63, 3.8) is 0 Å². The van der Waals surface area contributed by atoms with E-state index in [1.165, 1.54) is 25.7 Å². The maximum atomic E-state index is 11.9. The van der Waals surface area contributed by atoms with Crippen LogP contribution in [0.5, 0.6) is 0 Å². The summed E-state index contributed by atoms with van der Waals surface area (Å²) in [7, 11) is 0. The molecule has 0 saturated carbocycles. The summed E-state index contributed by atoms with van der Waals surface area (Å²) in [6.45, 7) is 5.90. The highest BCUT2D eigenvalue weighted by Crippen LogP contribution is 2.11. The minimum atomic E-state index is 0.261. The van der Waals surface area contributed by atoms with Crippen molar-refractivity contribution >= 4 is 11.9 Å². The zero-order valence-electron chi connectivity index (χ0n) is 10.7. The first-order valence-electron chi connectivity index (χ1n) is 6.53. The molecule has 0 unspecified atom stereocenters. The van der Waals surface area contributed by atoms with Gasteiger partial charge in [-0.05, 0) is 12.0 Å². The number of hydrogen-bond donors (Lipinski definition) is 0. The first-order valence-corrected chi connectivity index (χ1v) is 6.53. The summed E-state index contributed by atoms with van der Waals surface area (Å²) in [6.07, 6.45) is 8.43. The molecule has 0 atom stereocenters. The van der Waals surface area contributed by atoms with Crippen LogP contribution < -0.4 is 0 Å². The Morgan fingerprint density at radius 1 is 1.12 bits per heavy atom. The van der Waals surface area contributed by atoms with E-state index >= 15 is 0 Å². The molecule has 0 fully saturated rings. The van der Waals surface area contributed by atoms with Crippen LogP contribution in [-0.4, -0.2) is 5.78 Å². The van der Waals surface area contributed by atoms with Crippen LogP contribution in [0.4, 0.5) is 0 Å². The Bertz CT molecular complexity index is 348. The van der Waals surface area contributed by atoms with Gasteiger partial charge in [0.05, 0.1) is 0 Å². The molecular weight excluding hydrogens is 208 g/mol. The average molecular weight is 230 g/mol. The molecule has 0 amide bonds. The lowest BCUT2D eigenvalue weighted by Gasteiger charge is -2.02. The fraction of sp³-hybridized carbons (Fsp3) is 0.438. The second kappa shape index (κ2) is 7.83. The molecule has 0 bridgehead atoms. The number of Topliss-reactive ketones (excluding diaryl/α,β-unsaturated/α-hetero) is 1. The minimum Gasteiger partial charge on any atom is -0.294 e. The standard InChI is InChI=1S/C16H22O/c1-3-5-6-7-8-9-16(17)15-12-10-14(4-2)11-13-15/h4,10-13H,2-3,5-9H2,1H3. The van der Waals surface area contributed by atoms with Gasteiger partial charge in [-0.2, -0.15) is 0 Å². The predicted octanol–water partition coefficient (Wildman–Crippen LogP) is 4.87. The fourth-order valence-corrected chi connectivity index (χ4v) is 1.84. The van der Waals surface area contributed by atoms with E-state index in [9.17, 15) is 4.79 Å². The van der Waals surface area contributed by atoms with Crippen molar-refractivity contribution in [2.45, 2.75) is 45.4 Å². The second-order valence-electron chi connectivity index (χ2n) is 4.41. The maximum absolute atomic E-state index is 11.9. The topological polar surface area (TPSA) is 17.1 Å². The molecule has 1 aromatic rings. The van der Waals surface area contributed by atoms with Gasteiger partial charge in [0.1, 0.15) is 0 Å². The third-order valence-electron chi connectivity index (χ3n) is 2.98. The van der Waals surface area contributed by atoms with Gasteiger partial charge in [-0.3, -0.25) is 4.79 Å². The van der Waals surface area contributed by atoms with Gasteiger partial charge in [-0.15, -0.1) is 0 Å². The molecule has 0 saturated heterocycles. The molecule has 0 aliphatic heterocycles. The van der Waals surface area contributed by atoms with E-state index in [-0.39, 0.29) is 5.78 Å². The van der Waals surface area contributed by atoms with Crippen molar-refractivity contribution in [1.82, 2.24) is 0 Å². The van der Waals surface area contributed by atoms with Crippen molar-refractivity contribution in [3.8, 4) is 0 Å². The first-order chi connectivity index (χ1) is 8.27. The van der Waals surface area contributed by atoms with Gasteiger partial charge in [0.25, 0.3) is 0 Å². The van der Waals surface area contributed by atoms with Gasteiger partial charge < -0.3 is 0 Å². The Kier molecular flexibility index (Phi) is 6.31. The lowest BCUT2D eigenvalue weighted by Crippen LogP contribution is -1.98. The molecule has 0 N–H and O–H groups in total. The van der Waals surface area contributed by atoms with E-state index < -0.39 is 0 Å². The van der Waals surface area contributed by atoms with E-state index in [1.54, 1.807) is 6.08 Å². The van der Waals surface area contributed by atoms with Gasteiger partial charge in [0.15, 0.2) is 5.78 Å². The van der Waals surface area contributed by atoms with Gasteiger partial charge in [-0.25, -0.2) is 0 Å². The van der Waals surface area contributed by atoms with Crippen molar-refractivity contribution in [1.29, 1.82) is 0 Å². The third-order valence-corrected chi connectivity index (χ3v) is 2.98. The number of carbonyl (C=O) groups is 1. The molecule has 1 rings (SSSR count). The zero-order chi connectivity index (χ0) is 12.5. The first kappa shape index (κ1) is 13.7. The predicted molar refractivity (Wildman–Crippen MR) is 74.2 cm³/mol. The summed E-state index contributed by atoms with van der Waals surface area (Å²) >= 11 is 0. The Labute approximate surface area is 105 Å². The highest BCUT2D eigenvalue weighted by Gasteiger charge is 2.04. The monoisotopic (exact) mass is 230 g/mol. The summed E-state index contributed by atoms with van der Waals surface area (Å²) < 4.78 is 0. The summed E-state index contributed by atoms with van der Waals surface area (Å²) in [5.41, 5.74) is 1.88. The van der Waals surface area contributed by atoms with Crippen LogP contribution in [0.3, 0.4) is 0 Å². The van der Waals surface area contributed by atoms with Gasteiger partial charge in [-0.1, -0.05) is 69.5 Å². The maximum Gasteiger partial charge on any atom is 0.162 e. The van der Waals surface area contributed by atoms with Gasteiger partial charge in [0.2, 0.25) is 0 Å². The second-order valence-corrected chi connectivity index (χ2v) is 4.41. The SMILES string of the molecule is C=Cc1ccc(C(=O)CCCCCCC)cc1. The van der Waals surface area contributed by atoms with Crippen LogP contribution in [-0.2, 0) is 0 Å². The van der Waals surface area contributed by atoms with Crippen molar-refractivity contribution < 1.29 is 4.79 Å². The van der Waals surface area contributed by atoms with E-state index in [2.05, 4.69) is 13.5 Å². The Morgan fingerprint density at radius 2 is 1.76 bits per heavy atom. The highest BCUT2D eigenvalue weighted by molar-refractivity contribution is 5.96. The normalized spacial score (nSPS) is 10.2. The van der Waals surface area contributed by atoms with Crippen molar-refractivity contribution in [2.75, 3.05) is 0 Å². The molecular formula is C16H22O. The van der Waals surface area contributed by atoms with E-state index in [4.69, 9.17) is 0 Å². The number of unbranched alkanes of at least 4 members (excludes halogenated alkanes) is 4. The molecule has 1 aromatic carbocycles. The van der Waals surface area contributed by atoms with Crippen molar-refractivity contribution in [2.24, 2.45) is 0 Å². The summed E-state index contributed by atoms with van der Waals surface area (Å²) in [5, 5.41) is 0. The van der Waals surface area contributed by atoms with Crippen LogP contribution in [0.25, 0.3) is 6.08 Å². The van der Waals surface area contributed by atoms with Gasteiger partial charge >= 0.3 is 0 Å². The average Bonchev–Trinajstić information content (AvgIpc) is 2.38. The number of carbonyl (C=O) groups excluding carboxylic acids is 1. The molecule has 0 aliphatic carbocycles. The number of hydrogen-bond acceptors (Lipinski definition) is 1. The molecule has 17 heavy (non-hydrogen) atoms. The van der Waals surface area contributed by atoms with Crippen LogP contribution >= 0.6 is 0 Å². The molecule has 0 spiro atoms. The summed E-state index contributed by atoms with van der Waals surface area (Å²) in [5.74, 6) is 0.261. The zero-order valence-corrected chi connectivity index (χ0v) is 10.7. The molecule has 1 nitrogen and oxygen atoms in total. The number of ketones is 1. The van der Waals surface area contributed by atoms with E-state index in [0.717, 1.165) is 17.5 Å². The third kappa shape index (κ3) is 4.99. The summed E-state index contributed by atoms with van der Waals surface area (Å²) in [4.78, 5) is 11.9. The minimum absolute atomic E-state index is 0.261. The molecule has 92 valence electrons. The lowest BCUT2D eigenvalue weighted by atomic mass is 10.0. The van der Waals surface area contributed by atoms with E-state index in [1.807, 2.05) is 24.3 Å². The Hall–Kier alpha value is -1.37.